The lowest BCUT2D eigenvalue weighted by Crippen LogP contribution is -2.39. The summed E-state index contributed by atoms with van der Waals surface area (Å²) in [4.78, 5) is 24.5. The number of carbonyl (C=O) groups is 2. The highest BCUT2D eigenvalue weighted by molar-refractivity contribution is 5.83. The molecule has 1 aliphatic heterocycles. The fourth-order valence-electron chi connectivity index (χ4n) is 1.99. The Bertz CT molecular complexity index is 509. The van der Waals surface area contributed by atoms with Crippen LogP contribution >= 0.6 is 0 Å². The van der Waals surface area contributed by atoms with Gasteiger partial charge in [-0.2, -0.15) is 0 Å². The zero-order valence-corrected chi connectivity index (χ0v) is 10.9. The van der Waals surface area contributed by atoms with E-state index in [4.69, 9.17) is 4.74 Å². The van der Waals surface area contributed by atoms with Gasteiger partial charge in [0, 0.05) is 32.0 Å². The second-order valence-electron chi connectivity index (χ2n) is 4.59. The molecule has 1 aliphatic rings. The Labute approximate surface area is 115 Å². The van der Waals surface area contributed by atoms with Crippen molar-refractivity contribution in [1.29, 1.82) is 0 Å². The van der Waals surface area contributed by atoms with Crippen molar-refractivity contribution in [2.45, 2.75) is 19.3 Å². The van der Waals surface area contributed by atoms with E-state index in [1.807, 2.05) is 0 Å². The smallest absolute Gasteiger partial charge is 0.226 e. The van der Waals surface area contributed by atoms with Crippen LogP contribution in [0.2, 0.25) is 0 Å². The molecule has 0 aliphatic carbocycles. The lowest BCUT2D eigenvalue weighted by atomic mass is 10.1. The largest absolute Gasteiger partial charge is 0.493 e. The molecule has 0 aromatic heterocycles. The molecule has 1 amide bonds. The molecule has 0 saturated carbocycles. The topological polar surface area (TPSA) is 46.6 Å². The Morgan fingerprint density at radius 3 is 2.55 bits per heavy atom. The van der Waals surface area contributed by atoms with Gasteiger partial charge in [0.1, 0.15) is 11.5 Å². The molecule has 1 aromatic carbocycles. The van der Waals surface area contributed by atoms with Crippen LogP contribution in [0.1, 0.15) is 19.3 Å². The number of nitrogens with zero attached hydrogens (tertiary/aromatic N) is 1. The van der Waals surface area contributed by atoms with Gasteiger partial charge in [-0.15, -0.1) is 0 Å². The van der Waals surface area contributed by atoms with E-state index in [2.05, 4.69) is 0 Å². The van der Waals surface area contributed by atoms with E-state index < -0.39 is 11.6 Å². The molecule has 1 fully saturated rings. The highest BCUT2D eigenvalue weighted by Gasteiger charge is 2.20. The van der Waals surface area contributed by atoms with E-state index in [-0.39, 0.29) is 30.5 Å². The summed E-state index contributed by atoms with van der Waals surface area (Å²) in [6, 6.07) is 3.23. The number of hydrogen-bond acceptors (Lipinski definition) is 3. The predicted octanol–water partition coefficient (Wildman–Crippen LogP) is 1.93. The Morgan fingerprint density at radius 1 is 1.20 bits per heavy atom. The van der Waals surface area contributed by atoms with Crippen LogP contribution in [0.5, 0.6) is 5.75 Å². The number of ether oxygens (including phenoxy) is 1. The van der Waals surface area contributed by atoms with E-state index in [1.54, 1.807) is 4.90 Å². The van der Waals surface area contributed by atoms with Crippen molar-refractivity contribution in [3.63, 3.8) is 0 Å². The maximum atomic E-state index is 12.9. The minimum absolute atomic E-state index is 0.0916. The van der Waals surface area contributed by atoms with Crippen molar-refractivity contribution >= 4 is 11.7 Å². The molecule has 108 valence electrons. The first-order valence-corrected chi connectivity index (χ1v) is 6.43. The van der Waals surface area contributed by atoms with Gasteiger partial charge in [-0.05, 0) is 12.1 Å². The summed E-state index contributed by atoms with van der Waals surface area (Å²) in [7, 11) is 0. The molecule has 0 N–H and O–H groups in total. The monoisotopic (exact) mass is 283 g/mol. The van der Waals surface area contributed by atoms with E-state index >= 15 is 0 Å². The molecule has 2 rings (SSSR count). The third-order valence-corrected chi connectivity index (χ3v) is 3.15. The fraction of sp³-hybridized carbons (Fsp3) is 0.429. The number of amides is 1. The van der Waals surface area contributed by atoms with Gasteiger partial charge < -0.3 is 9.64 Å². The Hall–Kier alpha value is -1.98. The molecule has 1 heterocycles. The molecule has 6 heteroatoms. The van der Waals surface area contributed by atoms with Crippen LogP contribution in [0, 0.1) is 11.6 Å². The first-order chi connectivity index (χ1) is 9.56. The molecule has 0 spiro atoms. The van der Waals surface area contributed by atoms with Crippen LogP contribution in [0.15, 0.2) is 18.2 Å². The van der Waals surface area contributed by atoms with Crippen molar-refractivity contribution < 1.29 is 23.1 Å². The van der Waals surface area contributed by atoms with Crippen LogP contribution in [0.3, 0.4) is 0 Å². The summed E-state index contributed by atoms with van der Waals surface area (Å²) in [6.07, 6.45) is 0.943. The number of rotatable bonds is 4. The van der Waals surface area contributed by atoms with Gasteiger partial charge in [0.25, 0.3) is 0 Å². The van der Waals surface area contributed by atoms with Gasteiger partial charge in [0.15, 0.2) is 11.6 Å². The second kappa shape index (κ2) is 6.45. The zero-order chi connectivity index (χ0) is 14.5. The average Bonchev–Trinajstić information content (AvgIpc) is 2.43. The lowest BCUT2D eigenvalue weighted by Gasteiger charge is -2.26. The molecular formula is C14H15F2NO3. The van der Waals surface area contributed by atoms with Gasteiger partial charge in [-0.25, -0.2) is 8.78 Å². The van der Waals surface area contributed by atoms with E-state index in [0.29, 0.717) is 25.9 Å². The fourth-order valence-corrected chi connectivity index (χ4v) is 1.99. The molecular weight excluding hydrogens is 268 g/mol. The Morgan fingerprint density at radius 2 is 1.90 bits per heavy atom. The van der Waals surface area contributed by atoms with Crippen molar-refractivity contribution in [3.8, 4) is 5.75 Å². The van der Waals surface area contributed by atoms with Crippen molar-refractivity contribution in [2.24, 2.45) is 0 Å². The summed E-state index contributed by atoms with van der Waals surface area (Å²) >= 11 is 0. The van der Waals surface area contributed by atoms with Crippen molar-refractivity contribution in [3.05, 3.63) is 29.8 Å². The van der Waals surface area contributed by atoms with Crippen LogP contribution in [0.25, 0.3) is 0 Å². The summed E-state index contributed by atoms with van der Waals surface area (Å²) in [6.45, 7) is 0.986. The number of likely N-dealkylation sites (tertiary alicyclic amines) is 1. The number of halogens is 2. The molecule has 20 heavy (non-hydrogen) atoms. The molecule has 0 atom stereocenters. The van der Waals surface area contributed by atoms with Gasteiger partial charge >= 0.3 is 0 Å². The quantitative estimate of drug-likeness (QED) is 0.848. The van der Waals surface area contributed by atoms with Crippen LogP contribution in [-0.2, 0) is 9.59 Å². The average molecular weight is 283 g/mol. The van der Waals surface area contributed by atoms with Gasteiger partial charge in [0.05, 0.1) is 13.0 Å². The minimum atomic E-state index is -0.983. The predicted molar refractivity (Wildman–Crippen MR) is 67.3 cm³/mol. The van der Waals surface area contributed by atoms with Gasteiger partial charge in [-0.3, -0.25) is 9.59 Å². The maximum absolute atomic E-state index is 12.9. The summed E-state index contributed by atoms with van der Waals surface area (Å²) < 4.78 is 30.8. The number of carbonyl (C=O) groups excluding carboxylic acids is 2. The van der Waals surface area contributed by atoms with Crippen molar-refractivity contribution in [2.75, 3.05) is 19.7 Å². The number of Topliss-reactive ketones (excluding diaryl/α,β-unsaturated/α-hetero) is 1. The van der Waals surface area contributed by atoms with Crippen molar-refractivity contribution in [1.82, 2.24) is 4.90 Å². The zero-order valence-electron chi connectivity index (χ0n) is 10.9. The number of ketones is 1. The van der Waals surface area contributed by atoms with E-state index in [9.17, 15) is 18.4 Å². The van der Waals surface area contributed by atoms with Crippen LogP contribution in [-0.4, -0.2) is 36.3 Å². The molecule has 0 bridgehead atoms. The highest BCUT2D eigenvalue weighted by Crippen LogP contribution is 2.16. The number of benzene rings is 1. The third-order valence-electron chi connectivity index (χ3n) is 3.15. The normalized spacial score (nSPS) is 15.3. The highest BCUT2D eigenvalue weighted by atomic mass is 19.2. The maximum Gasteiger partial charge on any atom is 0.226 e. The van der Waals surface area contributed by atoms with E-state index in [1.165, 1.54) is 6.07 Å². The van der Waals surface area contributed by atoms with Crippen LogP contribution in [0.4, 0.5) is 8.78 Å². The lowest BCUT2D eigenvalue weighted by molar-refractivity contribution is -0.134. The minimum Gasteiger partial charge on any atom is -0.493 e. The third kappa shape index (κ3) is 3.76. The number of piperidine rings is 1. The molecule has 4 nitrogen and oxygen atoms in total. The molecule has 0 unspecified atom stereocenters. The number of hydrogen-bond donors (Lipinski definition) is 0. The molecule has 1 aromatic rings. The van der Waals surface area contributed by atoms with E-state index in [0.717, 1.165) is 12.1 Å². The molecule has 1 saturated heterocycles. The second-order valence-corrected chi connectivity index (χ2v) is 4.59. The first kappa shape index (κ1) is 14.4. The summed E-state index contributed by atoms with van der Waals surface area (Å²) in [5.74, 6) is -1.66. The van der Waals surface area contributed by atoms with Gasteiger partial charge in [0.2, 0.25) is 5.91 Å². The SMILES string of the molecule is O=C1CCN(C(=O)CCOc2ccc(F)c(F)c2)CC1. The van der Waals surface area contributed by atoms with Crippen LogP contribution < -0.4 is 4.74 Å². The van der Waals surface area contributed by atoms with Gasteiger partial charge in [-0.1, -0.05) is 0 Å². The Balaban J connectivity index is 1.76. The Kier molecular flexibility index (Phi) is 4.65. The first-order valence-electron chi connectivity index (χ1n) is 6.43. The standard InChI is InChI=1S/C14H15F2NO3/c15-12-2-1-11(9-13(12)16)20-8-5-14(19)17-6-3-10(18)4-7-17/h1-2,9H,3-8H2. The molecule has 0 radical (unpaired) electrons. The summed E-state index contributed by atoms with van der Waals surface area (Å²) in [5.41, 5.74) is 0. The summed E-state index contributed by atoms with van der Waals surface area (Å²) in [5, 5.41) is 0.